The number of benzene rings is 1. The molecule has 0 spiro atoms. The number of nitrogens with one attached hydrogen (secondary N) is 1. The zero-order chi connectivity index (χ0) is 16.6. The van der Waals surface area contributed by atoms with Crippen LogP contribution < -0.4 is 5.32 Å². The molecular weight excluding hydrogens is 302 g/mol. The van der Waals surface area contributed by atoms with Crippen molar-refractivity contribution >= 4 is 11.1 Å². The van der Waals surface area contributed by atoms with Crippen molar-refractivity contribution in [2.75, 3.05) is 0 Å². The number of alkyl halides is 2. The monoisotopic (exact) mass is 324 g/mol. The molecule has 0 bridgehead atoms. The minimum absolute atomic E-state index is 0.0317. The van der Waals surface area contributed by atoms with Crippen molar-refractivity contribution in [1.29, 1.82) is 0 Å². The van der Waals surface area contributed by atoms with Gasteiger partial charge < -0.3 is 14.8 Å². The van der Waals surface area contributed by atoms with E-state index in [2.05, 4.69) is 10.3 Å². The number of rotatable bonds is 5. The van der Waals surface area contributed by atoms with E-state index in [1.165, 1.54) is 6.07 Å². The summed E-state index contributed by atoms with van der Waals surface area (Å²) in [4.78, 5) is 4.33. The fraction of sp³-hybridized carbons (Fsp3) is 0.588. The average Bonchev–Trinajstić information content (AvgIpc) is 3.10. The Balaban J connectivity index is 1.88. The smallest absolute Gasteiger partial charge is 0.267 e. The molecule has 0 unspecified atom stereocenters. The first-order valence-electron chi connectivity index (χ1n) is 8.08. The zero-order valence-electron chi connectivity index (χ0n) is 13.4. The Kier molecular flexibility index (Phi) is 4.64. The molecule has 23 heavy (non-hydrogen) atoms. The van der Waals surface area contributed by atoms with Gasteiger partial charge in [-0.25, -0.2) is 13.8 Å². The van der Waals surface area contributed by atoms with Gasteiger partial charge in [0, 0.05) is 18.5 Å². The van der Waals surface area contributed by atoms with Gasteiger partial charge in [0.25, 0.3) is 6.43 Å². The van der Waals surface area contributed by atoms with Crippen LogP contribution in [0.15, 0.2) is 16.5 Å². The van der Waals surface area contributed by atoms with Crippen molar-refractivity contribution < 1.29 is 18.3 Å². The van der Waals surface area contributed by atoms with E-state index in [1.807, 2.05) is 13.8 Å². The van der Waals surface area contributed by atoms with Gasteiger partial charge in [0.05, 0.1) is 11.7 Å². The van der Waals surface area contributed by atoms with Gasteiger partial charge in [0.2, 0.25) is 0 Å². The maximum absolute atomic E-state index is 13.3. The summed E-state index contributed by atoms with van der Waals surface area (Å²) in [6.45, 7) is 4.26. The van der Waals surface area contributed by atoms with Gasteiger partial charge in [0.15, 0.2) is 11.5 Å². The Hall–Kier alpha value is -1.53. The second kappa shape index (κ2) is 6.53. The molecule has 4 nitrogen and oxygen atoms in total. The van der Waals surface area contributed by atoms with Crippen molar-refractivity contribution in [2.24, 2.45) is 0 Å². The second-order valence-electron chi connectivity index (χ2n) is 6.53. The van der Waals surface area contributed by atoms with Crippen LogP contribution in [0.25, 0.3) is 11.1 Å². The van der Waals surface area contributed by atoms with Gasteiger partial charge in [-0.2, -0.15) is 0 Å². The van der Waals surface area contributed by atoms with Crippen molar-refractivity contribution in [3.63, 3.8) is 0 Å². The van der Waals surface area contributed by atoms with E-state index in [0.29, 0.717) is 18.0 Å². The summed E-state index contributed by atoms with van der Waals surface area (Å²) in [5.74, 6) is 0.515. The molecule has 6 heteroatoms. The highest BCUT2D eigenvalue weighted by atomic mass is 19.3. The quantitative estimate of drug-likeness (QED) is 0.876. The predicted molar refractivity (Wildman–Crippen MR) is 83.5 cm³/mol. The number of aliphatic hydroxyl groups excluding tert-OH is 1. The summed E-state index contributed by atoms with van der Waals surface area (Å²) < 4.78 is 32.2. The number of hydrogen-bond acceptors (Lipinski definition) is 4. The molecule has 126 valence electrons. The van der Waals surface area contributed by atoms with E-state index in [4.69, 9.17) is 4.42 Å². The number of aliphatic hydroxyl groups is 1. The molecule has 1 aromatic heterocycles. The number of halogens is 2. The molecule has 2 N–H and O–H groups in total. The molecule has 1 saturated carbocycles. The maximum atomic E-state index is 13.3. The van der Waals surface area contributed by atoms with Gasteiger partial charge in [-0.05, 0) is 37.0 Å². The van der Waals surface area contributed by atoms with Crippen molar-refractivity contribution in [3.8, 4) is 0 Å². The lowest BCUT2D eigenvalue weighted by atomic mass is 10.1. The van der Waals surface area contributed by atoms with Gasteiger partial charge in [0.1, 0.15) is 5.52 Å². The summed E-state index contributed by atoms with van der Waals surface area (Å²) in [6, 6.07) is 3.28. The number of oxazole rings is 1. The fourth-order valence-electron chi connectivity index (χ4n) is 3.07. The van der Waals surface area contributed by atoms with E-state index in [-0.39, 0.29) is 29.2 Å². The van der Waals surface area contributed by atoms with Crippen LogP contribution in [-0.4, -0.2) is 22.2 Å². The Morgan fingerprint density at radius 2 is 2.13 bits per heavy atom. The van der Waals surface area contributed by atoms with Crippen LogP contribution in [0.2, 0.25) is 0 Å². The molecule has 2 aromatic rings. The molecule has 1 aromatic carbocycles. The number of aromatic nitrogens is 1. The van der Waals surface area contributed by atoms with Crippen LogP contribution in [0.1, 0.15) is 62.5 Å². The fourth-order valence-corrected chi connectivity index (χ4v) is 3.07. The third-order valence-electron chi connectivity index (χ3n) is 4.37. The lowest BCUT2D eigenvalue weighted by molar-refractivity contribution is 0.148. The van der Waals surface area contributed by atoms with Crippen LogP contribution >= 0.6 is 0 Å². The third kappa shape index (κ3) is 3.38. The number of fused-ring (bicyclic) bond motifs is 1. The number of hydrogen-bond donors (Lipinski definition) is 2. The van der Waals surface area contributed by atoms with Crippen molar-refractivity contribution in [2.45, 2.75) is 64.1 Å². The minimum Gasteiger partial charge on any atom is -0.440 e. The molecule has 1 aliphatic rings. The van der Waals surface area contributed by atoms with Gasteiger partial charge in [-0.15, -0.1) is 0 Å². The lowest BCUT2D eigenvalue weighted by Crippen LogP contribution is -2.35. The average molecular weight is 324 g/mol. The topological polar surface area (TPSA) is 58.3 Å². The Bertz CT molecular complexity index is 685. The minimum atomic E-state index is -2.61. The van der Waals surface area contributed by atoms with E-state index in [1.54, 1.807) is 6.07 Å². The van der Waals surface area contributed by atoms with E-state index in [9.17, 15) is 13.9 Å². The summed E-state index contributed by atoms with van der Waals surface area (Å²) in [7, 11) is 0. The lowest BCUT2D eigenvalue weighted by Gasteiger charge is -2.16. The zero-order valence-corrected chi connectivity index (χ0v) is 13.4. The standard InChI is InChI=1S/C17H22F2N2O2/c1-9(2)17-21-13-7-10(6-11(16(18)19)15(13)23-17)8-20-12-4-3-5-14(12)22/h6-7,9,12,14,16,20,22H,3-5,8H2,1-2H3/t12-,14+/m1/s1. The predicted octanol–water partition coefficient (Wildman–Crippen LogP) is 3.89. The normalized spacial score (nSPS) is 21.9. The highest BCUT2D eigenvalue weighted by Gasteiger charge is 2.25. The molecule has 0 aliphatic heterocycles. The Labute approximate surface area is 133 Å². The van der Waals surface area contributed by atoms with E-state index in [0.717, 1.165) is 24.8 Å². The largest absolute Gasteiger partial charge is 0.440 e. The highest BCUT2D eigenvalue weighted by molar-refractivity contribution is 5.78. The van der Waals surface area contributed by atoms with Crippen LogP contribution in [0.3, 0.4) is 0 Å². The molecule has 0 radical (unpaired) electrons. The maximum Gasteiger partial charge on any atom is 0.267 e. The molecule has 2 atom stereocenters. The van der Waals surface area contributed by atoms with E-state index >= 15 is 0 Å². The first-order valence-corrected chi connectivity index (χ1v) is 8.08. The first kappa shape index (κ1) is 16.3. The molecule has 0 saturated heterocycles. The molecular formula is C17H22F2N2O2. The summed E-state index contributed by atoms with van der Waals surface area (Å²) in [5.41, 5.74) is 1.25. The van der Waals surface area contributed by atoms with Crippen molar-refractivity contribution in [3.05, 3.63) is 29.2 Å². The summed E-state index contributed by atoms with van der Waals surface area (Å²) >= 11 is 0. The Morgan fingerprint density at radius 1 is 1.35 bits per heavy atom. The van der Waals surface area contributed by atoms with Crippen LogP contribution in [0, 0.1) is 0 Å². The van der Waals surface area contributed by atoms with Gasteiger partial charge in [-0.1, -0.05) is 13.8 Å². The van der Waals surface area contributed by atoms with Crippen molar-refractivity contribution in [1.82, 2.24) is 10.3 Å². The molecule has 1 aliphatic carbocycles. The number of nitrogens with zero attached hydrogens (tertiary/aromatic N) is 1. The highest BCUT2D eigenvalue weighted by Crippen LogP contribution is 2.32. The van der Waals surface area contributed by atoms with Gasteiger partial charge >= 0.3 is 0 Å². The molecule has 1 fully saturated rings. The molecule has 0 amide bonds. The summed E-state index contributed by atoms with van der Waals surface area (Å²) in [5, 5.41) is 13.1. The second-order valence-corrected chi connectivity index (χ2v) is 6.53. The molecule has 1 heterocycles. The Morgan fingerprint density at radius 3 is 2.74 bits per heavy atom. The van der Waals surface area contributed by atoms with E-state index < -0.39 is 6.43 Å². The van der Waals surface area contributed by atoms with Crippen LogP contribution in [-0.2, 0) is 6.54 Å². The van der Waals surface area contributed by atoms with Crippen LogP contribution in [0.5, 0.6) is 0 Å². The first-order chi connectivity index (χ1) is 11.0. The SMILES string of the molecule is CC(C)c1nc2cc(CN[C@@H]3CCC[C@@H]3O)cc(C(F)F)c2o1. The van der Waals surface area contributed by atoms with Gasteiger partial charge in [-0.3, -0.25) is 0 Å². The third-order valence-corrected chi connectivity index (χ3v) is 4.37. The molecule has 3 rings (SSSR count). The van der Waals surface area contributed by atoms with Crippen LogP contribution in [0.4, 0.5) is 8.78 Å². The summed E-state index contributed by atoms with van der Waals surface area (Å²) in [6.07, 6.45) is -0.274.